The molecule has 0 N–H and O–H groups in total. The van der Waals surface area contributed by atoms with Crippen molar-refractivity contribution in [3.05, 3.63) is 65.4 Å². The predicted molar refractivity (Wildman–Crippen MR) is 88.0 cm³/mol. The third-order valence-corrected chi connectivity index (χ3v) is 4.13. The van der Waals surface area contributed by atoms with Gasteiger partial charge in [0.05, 0.1) is 22.5 Å². The van der Waals surface area contributed by atoms with Crippen LogP contribution in [0, 0.1) is 6.92 Å². The second kappa shape index (κ2) is 5.13. The molecule has 0 fully saturated rings. The van der Waals surface area contributed by atoms with Crippen molar-refractivity contribution in [1.82, 2.24) is 19.9 Å². The first-order valence-corrected chi connectivity index (χ1v) is 7.52. The van der Waals surface area contributed by atoms with Gasteiger partial charge in [-0.05, 0) is 25.1 Å². The number of aromatic nitrogens is 3. The molecule has 24 heavy (non-hydrogen) atoms. The number of fused-ring (bicyclic) bond motifs is 1. The molecule has 0 atom stereocenters. The SMILES string of the molecule is Cc1nn(-c2ccc3c(c2)C(=O)N(C)C3=O)nc1-c1ccccc1. The minimum Gasteiger partial charge on any atom is -0.277 e. The highest BCUT2D eigenvalue weighted by atomic mass is 16.2. The summed E-state index contributed by atoms with van der Waals surface area (Å²) in [6.45, 7) is 1.89. The summed E-state index contributed by atoms with van der Waals surface area (Å²) in [7, 11) is 1.48. The summed E-state index contributed by atoms with van der Waals surface area (Å²) in [5, 5.41) is 8.98. The maximum absolute atomic E-state index is 12.1. The number of imide groups is 1. The zero-order valence-electron chi connectivity index (χ0n) is 13.2. The smallest absolute Gasteiger partial charge is 0.261 e. The van der Waals surface area contributed by atoms with Crippen molar-refractivity contribution in [2.75, 3.05) is 7.05 Å². The Hall–Kier alpha value is -3.28. The highest BCUT2D eigenvalue weighted by molar-refractivity contribution is 6.21. The average molecular weight is 318 g/mol. The third-order valence-electron chi connectivity index (χ3n) is 4.13. The molecule has 0 spiro atoms. The van der Waals surface area contributed by atoms with Gasteiger partial charge < -0.3 is 0 Å². The van der Waals surface area contributed by atoms with Crippen LogP contribution in [-0.2, 0) is 0 Å². The van der Waals surface area contributed by atoms with E-state index in [1.54, 1.807) is 18.2 Å². The van der Waals surface area contributed by atoms with Crippen molar-refractivity contribution >= 4 is 11.8 Å². The lowest BCUT2D eigenvalue weighted by Crippen LogP contribution is -2.24. The van der Waals surface area contributed by atoms with E-state index < -0.39 is 0 Å². The summed E-state index contributed by atoms with van der Waals surface area (Å²) >= 11 is 0. The van der Waals surface area contributed by atoms with Crippen LogP contribution in [0.4, 0.5) is 0 Å². The van der Waals surface area contributed by atoms with Gasteiger partial charge in [-0.2, -0.15) is 9.90 Å². The van der Waals surface area contributed by atoms with E-state index in [9.17, 15) is 9.59 Å². The first-order valence-electron chi connectivity index (χ1n) is 7.52. The monoisotopic (exact) mass is 318 g/mol. The fraction of sp³-hybridized carbons (Fsp3) is 0.111. The van der Waals surface area contributed by atoms with E-state index >= 15 is 0 Å². The molecular formula is C18H14N4O2. The van der Waals surface area contributed by atoms with Gasteiger partial charge in [-0.3, -0.25) is 14.5 Å². The molecule has 0 saturated carbocycles. The van der Waals surface area contributed by atoms with Gasteiger partial charge in [0.25, 0.3) is 11.8 Å². The highest BCUT2D eigenvalue weighted by Crippen LogP contribution is 2.25. The molecule has 1 aromatic heterocycles. The Labute approximate surface area is 138 Å². The number of carbonyl (C=O) groups is 2. The van der Waals surface area contributed by atoms with Crippen LogP contribution in [0.5, 0.6) is 0 Å². The Bertz CT molecular complexity index is 976. The summed E-state index contributed by atoms with van der Waals surface area (Å²) < 4.78 is 0. The van der Waals surface area contributed by atoms with E-state index in [-0.39, 0.29) is 11.8 Å². The molecule has 118 valence electrons. The Balaban J connectivity index is 1.79. The lowest BCUT2D eigenvalue weighted by molar-refractivity contribution is 0.0693. The minimum absolute atomic E-state index is 0.281. The summed E-state index contributed by atoms with van der Waals surface area (Å²) in [5.41, 5.74) is 4.01. The van der Waals surface area contributed by atoms with E-state index in [0.29, 0.717) is 16.8 Å². The van der Waals surface area contributed by atoms with Crippen LogP contribution >= 0.6 is 0 Å². The van der Waals surface area contributed by atoms with Crippen LogP contribution in [0.3, 0.4) is 0 Å². The fourth-order valence-corrected chi connectivity index (χ4v) is 2.83. The standard InChI is InChI=1S/C18H14N4O2/c1-11-16(12-6-4-3-5-7-12)20-22(19-11)13-8-9-14-15(10-13)18(24)21(2)17(14)23/h3-10H,1-2H3. The molecule has 0 radical (unpaired) electrons. The molecule has 0 aliphatic carbocycles. The van der Waals surface area contributed by atoms with Gasteiger partial charge in [0.15, 0.2) is 0 Å². The normalized spacial score (nSPS) is 13.5. The Kier molecular flexibility index (Phi) is 3.06. The largest absolute Gasteiger partial charge is 0.277 e. The zero-order chi connectivity index (χ0) is 16.8. The number of benzene rings is 2. The van der Waals surface area contributed by atoms with Crippen LogP contribution in [0.25, 0.3) is 16.9 Å². The summed E-state index contributed by atoms with van der Waals surface area (Å²) in [6.07, 6.45) is 0. The first-order chi connectivity index (χ1) is 11.6. The summed E-state index contributed by atoms with van der Waals surface area (Å²) in [4.78, 5) is 26.7. The number of rotatable bonds is 2. The minimum atomic E-state index is -0.302. The number of nitrogens with zero attached hydrogens (tertiary/aromatic N) is 4. The Morgan fingerprint density at radius 2 is 1.58 bits per heavy atom. The molecule has 0 bridgehead atoms. The van der Waals surface area contributed by atoms with E-state index in [0.717, 1.165) is 21.9 Å². The van der Waals surface area contributed by atoms with E-state index in [1.165, 1.54) is 11.8 Å². The second-order valence-electron chi connectivity index (χ2n) is 5.69. The van der Waals surface area contributed by atoms with Gasteiger partial charge in [-0.25, -0.2) is 0 Å². The maximum atomic E-state index is 12.1. The van der Waals surface area contributed by atoms with Crippen LogP contribution in [0.1, 0.15) is 26.4 Å². The van der Waals surface area contributed by atoms with E-state index in [1.807, 2.05) is 37.3 Å². The summed E-state index contributed by atoms with van der Waals surface area (Å²) in [5.74, 6) is -0.583. The van der Waals surface area contributed by atoms with E-state index in [2.05, 4.69) is 10.2 Å². The van der Waals surface area contributed by atoms with Crippen molar-refractivity contribution in [2.45, 2.75) is 6.92 Å². The van der Waals surface area contributed by atoms with Crippen LogP contribution in [0.2, 0.25) is 0 Å². The zero-order valence-corrected chi connectivity index (χ0v) is 13.2. The van der Waals surface area contributed by atoms with Crippen molar-refractivity contribution in [2.24, 2.45) is 0 Å². The lowest BCUT2D eigenvalue weighted by atomic mass is 10.1. The molecule has 0 unspecified atom stereocenters. The Morgan fingerprint density at radius 1 is 0.875 bits per heavy atom. The number of hydrogen-bond donors (Lipinski definition) is 0. The molecule has 2 aromatic carbocycles. The van der Waals surface area contributed by atoms with Crippen molar-refractivity contribution in [1.29, 1.82) is 0 Å². The summed E-state index contributed by atoms with van der Waals surface area (Å²) in [6, 6.07) is 14.8. The molecule has 1 aliphatic rings. The van der Waals surface area contributed by atoms with Gasteiger partial charge in [-0.15, -0.1) is 5.10 Å². The number of carbonyl (C=O) groups excluding carboxylic acids is 2. The maximum Gasteiger partial charge on any atom is 0.261 e. The van der Waals surface area contributed by atoms with Gasteiger partial charge in [0.2, 0.25) is 0 Å². The number of aryl methyl sites for hydroxylation is 1. The van der Waals surface area contributed by atoms with Gasteiger partial charge in [-0.1, -0.05) is 30.3 Å². The Morgan fingerprint density at radius 3 is 2.33 bits per heavy atom. The van der Waals surface area contributed by atoms with Crippen molar-refractivity contribution < 1.29 is 9.59 Å². The third kappa shape index (κ3) is 2.04. The second-order valence-corrected chi connectivity index (χ2v) is 5.69. The molecule has 2 heterocycles. The molecule has 6 nitrogen and oxygen atoms in total. The van der Waals surface area contributed by atoms with Crippen LogP contribution < -0.4 is 0 Å². The quantitative estimate of drug-likeness (QED) is 0.681. The topological polar surface area (TPSA) is 68.1 Å². The molecule has 2 amide bonds. The number of amides is 2. The van der Waals surface area contributed by atoms with Crippen molar-refractivity contribution in [3.8, 4) is 16.9 Å². The molecular weight excluding hydrogens is 304 g/mol. The molecule has 1 aliphatic heterocycles. The highest BCUT2D eigenvalue weighted by Gasteiger charge is 2.33. The average Bonchev–Trinajstić information content (AvgIpc) is 3.10. The van der Waals surface area contributed by atoms with Crippen LogP contribution in [0.15, 0.2) is 48.5 Å². The van der Waals surface area contributed by atoms with E-state index in [4.69, 9.17) is 0 Å². The fourth-order valence-electron chi connectivity index (χ4n) is 2.83. The van der Waals surface area contributed by atoms with Gasteiger partial charge >= 0.3 is 0 Å². The first kappa shape index (κ1) is 14.3. The molecule has 0 saturated heterocycles. The lowest BCUT2D eigenvalue weighted by Gasteiger charge is -2.02. The number of hydrogen-bond acceptors (Lipinski definition) is 4. The molecule has 4 rings (SSSR count). The predicted octanol–water partition coefficient (Wildman–Crippen LogP) is 2.47. The van der Waals surface area contributed by atoms with Gasteiger partial charge in [0, 0.05) is 12.6 Å². The molecule has 6 heteroatoms. The van der Waals surface area contributed by atoms with Gasteiger partial charge in [0.1, 0.15) is 5.69 Å². The van der Waals surface area contributed by atoms with Crippen LogP contribution in [-0.4, -0.2) is 38.8 Å². The molecule has 3 aromatic rings. The van der Waals surface area contributed by atoms with Crippen molar-refractivity contribution in [3.63, 3.8) is 0 Å².